The van der Waals surface area contributed by atoms with Gasteiger partial charge in [-0.2, -0.15) is 5.10 Å². The second-order valence-electron chi connectivity index (χ2n) is 4.63. The summed E-state index contributed by atoms with van der Waals surface area (Å²) in [5.74, 6) is -0.963. The molecule has 0 bridgehead atoms. The molecule has 0 aliphatic rings. The number of esters is 1. The first-order valence-electron chi connectivity index (χ1n) is 6.66. The van der Waals surface area contributed by atoms with Gasteiger partial charge in [-0.05, 0) is 19.8 Å². The largest absolute Gasteiger partial charge is 0.451 e. The molecule has 0 aromatic carbocycles. The molecule has 0 saturated heterocycles. The Balaban J connectivity index is 2.57. The van der Waals surface area contributed by atoms with E-state index in [1.165, 1.54) is 4.68 Å². The van der Waals surface area contributed by atoms with E-state index in [1.807, 2.05) is 13.8 Å². The predicted octanol–water partition coefficient (Wildman–Crippen LogP) is 0.772. The molecular weight excluding hydrogens is 260 g/mol. The third-order valence-corrected chi connectivity index (χ3v) is 3.15. The molecule has 0 saturated carbocycles. The van der Waals surface area contributed by atoms with E-state index in [9.17, 15) is 9.59 Å². The van der Waals surface area contributed by atoms with Crippen LogP contribution in [0.25, 0.3) is 0 Å². The van der Waals surface area contributed by atoms with Gasteiger partial charge in [0.15, 0.2) is 12.3 Å². The smallest absolute Gasteiger partial charge is 0.359 e. The molecule has 1 heterocycles. The number of amides is 1. The quantitative estimate of drug-likeness (QED) is 0.751. The highest BCUT2D eigenvalue weighted by molar-refractivity contribution is 5.95. The number of aromatic nitrogens is 2. The lowest BCUT2D eigenvalue weighted by Crippen LogP contribution is -2.37. The number of nitrogen functional groups attached to an aromatic ring is 1. The van der Waals surface area contributed by atoms with Crippen LogP contribution in [0.15, 0.2) is 0 Å². The van der Waals surface area contributed by atoms with Gasteiger partial charge in [-0.15, -0.1) is 0 Å². The molecule has 0 aliphatic carbocycles. The van der Waals surface area contributed by atoms with E-state index < -0.39 is 5.97 Å². The summed E-state index contributed by atoms with van der Waals surface area (Å²) in [4.78, 5) is 23.5. The van der Waals surface area contributed by atoms with Crippen LogP contribution >= 0.6 is 0 Å². The average molecular weight is 282 g/mol. The number of rotatable bonds is 6. The summed E-state index contributed by atoms with van der Waals surface area (Å²) in [5, 5.41) is 6.81. The Morgan fingerprint density at radius 3 is 2.45 bits per heavy atom. The van der Waals surface area contributed by atoms with Crippen LogP contribution in [0, 0.1) is 6.92 Å². The van der Waals surface area contributed by atoms with Gasteiger partial charge in [0.1, 0.15) is 0 Å². The lowest BCUT2D eigenvalue weighted by Gasteiger charge is -2.14. The Morgan fingerprint density at radius 1 is 1.40 bits per heavy atom. The minimum absolute atomic E-state index is 0.102. The maximum atomic E-state index is 11.9. The minimum atomic E-state index is -0.648. The number of nitrogens with zero attached hydrogens (tertiary/aromatic N) is 2. The molecule has 20 heavy (non-hydrogen) atoms. The Bertz CT molecular complexity index is 492. The van der Waals surface area contributed by atoms with Crippen LogP contribution < -0.4 is 11.1 Å². The van der Waals surface area contributed by atoms with Gasteiger partial charge >= 0.3 is 5.97 Å². The highest BCUT2D eigenvalue weighted by Crippen LogP contribution is 2.16. The maximum absolute atomic E-state index is 11.9. The van der Waals surface area contributed by atoms with Crippen LogP contribution in [0.4, 0.5) is 5.69 Å². The molecule has 112 valence electrons. The molecule has 3 N–H and O–H groups in total. The summed E-state index contributed by atoms with van der Waals surface area (Å²) >= 11 is 0. The van der Waals surface area contributed by atoms with Crippen LogP contribution in [-0.2, 0) is 16.6 Å². The lowest BCUT2D eigenvalue weighted by atomic mass is 10.2. The van der Waals surface area contributed by atoms with Crippen LogP contribution in [0.1, 0.15) is 42.9 Å². The zero-order valence-electron chi connectivity index (χ0n) is 12.4. The van der Waals surface area contributed by atoms with Gasteiger partial charge in [0.2, 0.25) is 0 Å². The molecule has 1 amide bonds. The number of hydrogen-bond donors (Lipinski definition) is 2. The molecule has 0 atom stereocenters. The van der Waals surface area contributed by atoms with E-state index in [1.54, 1.807) is 14.0 Å². The summed E-state index contributed by atoms with van der Waals surface area (Å²) in [6, 6.07) is 0.102. The highest BCUT2D eigenvalue weighted by atomic mass is 16.5. The van der Waals surface area contributed by atoms with Crippen molar-refractivity contribution in [2.75, 3.05) is 12.3 Å². The third-order valence-electron chi connectivity index (χ3n) is 3.15. The normalized spacial score (nSPS) is 10.7. The predicted molar refractivity (Wildman–Crippen MR) is 75.2 cm³/mol. The molecule has 0 unspecified atom stereocenters. The van der Waals surface area contributed by atoms with Gasteiger partial charge in [-0.1, -0.05) is 13.8 Å². The molecule has 0 radical (unpaired) electrons. The van der Waals surface area contributed by atoms with Crippen molar-refractivity contribution in [1.29, 1.82) is 0 Å². The average Bonchev–Trinajstić information content (AvgIpc) is 2.67. The summed E-state index contributed by atoms with van der Waals surface area (Å²) in [5.41, 5.74) is 6.75. The Kier molecular flexibility index (Phi) is 5.54. The highest BCUT2D eigenvalue weighted by Gasteiger charge is 2.20. The zero-order valence-corrected chi connectivity index (χ0v) is 12.4. The van der Waals surface area contributed by atoms with Crippen molar-refractivity contribution < 1.29 is 14.3 Å². The van der Waals surface area contributed by atoms with Crippen molar-refractivity contribution >= 4 is 17.6 Å². The molecule has 0 aliphatic heterocycles. The van der Waals surface area contributed by atoms with Crippen molar-refractivity contribution in [3.8, 4) is 0 Å². The molecule has 1 aromatic heterocycles. The van der Waals surface area contributed by atoms with Crippen molar-refractivity contribution in [2.24, 2.45) is 7.05 Å². The first kappa shape index (κ1) is 16.0. The number of carbonyl (C=O) groups is 2. The number of nitrogens with one attached hydrogen (secondary N) is 1. The Hall–Kier alpha value is -2.05. The SMILES string of the molecule is CCC(CC)NC(=O)COC(=O)c1c(N)c(C)nn1C. The van der Waals surface area contributed by atoms with Crippen molar-refractivity contribution in [2.45, 2.75) is 39.7 Å². The standard InChI is InChI=1S/C13H22N4O3/c1-5-9(6-2)15-10(18)7-20-13(19)12-11(14)8(3)16-17(12)4/h9H,5-7,14H2,1-4H3,(H,15,18). The van der Waals surface area contributed by atoms with Crippen LogP contribution in [0.2, 0.25) is 0 Å². The number of hydrogen-bond acceptors (Lipinski definition) is 5. The van der Waals surface area contributed by atoms with E-state index in [0.29, 0.717) is 5.69 Å². The number of carbonyl (C=O) groups excluding carboxylic acids is 2. The van der Waals surface area contributed by atoms with E-state index in [2.05, 4.69) is 10.4 Å². The molecular formula is C13H22N4O3. The fourth-order valence-electron chi connectivity index (χ4n) is 1.88. The number of anilines is 1. The molecule has 0 fully saturated rings. The van der Waals surface area contributed by atoms with Crippen molar-refractivity contribution in [1.82, 2.24) is 15.1 Å². The fraction of sp³-hybridized carbons (Fsp3) is 0.615. The fourth-order valence-corrected chi connectivity index (χ4v) is 1.88. The lowest BCUT2D eigenvalue weighted by molar-refractivity contribution is -0.125. The van der Waals surface area contributed by atoms with Crippen molar-refractivity contribution in [3.05, 3.63) is 11.4 Å². The summed E-state index contributed by atoms with van der Waals surface area (Å²) in [6.45, 7) is 5.35. The van der Waals surface area contributed by atoms with Gasteiger partial charge in [0.25, 0.3) is 5.91 Å². The van der Waals surface area contributed by atoms with Gasteiger partial charge in [0.05, 0.1) is 11.4 Å². The van der Waals surface area contributed by atoms with Gasteiger partial charge in [0, 0.05) is 13.1 Å². The molecule has 1 rings (SSSR count). The zero-order chi connectivity index (χ0) is 15.3. The number of ether oxygens (including phenoxy) is 1. The van der Waals surface area contributed by atoms with Gasteiger partial charge < -0.3 is 15.8 Å². The van der Waals surface area contributed by atoms with E-state index in [0.717, 1.165) is 12.8 Å². The summed E-state index contributed by atoms with van der Waals surface area (Å²) in [6.07, 6.45) is 1.67. The van der Waals surface area contributed by atoms with Crippen molar-refractivity contribution in [3.63, 3.8) is 0 Å². The minimum Gasteiger partial charge on any atom is -0.451 e. The van der Waals surface area contributed by atoms with Gasteiger partial charge in [-0.3, -0.25) is 9.48 Å². The van der Waals surface area contributed by atoms with E-state index in [4.69, 9.17) is 10.5 Å². The van der Waals surface area contributed by atoms with Gasteiger partial charge in [-0.25, -0.2) is 4.79 Å². The Morgan fingerprint density at radius 2 is 2.00 bits per heavy atom. The van der Waals surface area contributed by atoms with E-state index in [-0.39, 0.29) is 29.9 Å². The van der Waals surface area contributed by atoms with Crippen LogP contribution in [0.5, 0.6) is 0 Å². The van der Waals surface area contributed by atoms with Crippen LogP contribution in [-0.4, -0.2) is 34.3 Å². The molecule has 7 heteroatoms. The first-order chi connectivity index (χ1) is 9.40. The topological polar surface area (TPSA) is 99.2 Å². The number of nitrogens with two attached hydrogens (primary N) is 1. The maximum Gasteiger partial charge on any atom is 0.359 e. The molecule has 0 spiro atoms. The van der Waals surface area contributed by atoms with Crippen LogP contribution in [0.3, 0.4) is 0 Å². The summed E-state index contributed by atoms with van der Waals surface area (Å²) < 4.78 is 6.32. The molecule has 7 nitrogen and oxygen atoms in total. The Labute approximate surface area is 118 Å². The first-order valence-corrected chi connectivity index (χ1v) is 6.66. The summed E-state index contributed by atoms with van der Waals surface area (Å²) in [7, 11) is 1.60. The second kappa shape index (κ2) is 6.93. The molecule has 1 aromatic rings. The second-order valence-corrected chi connectivity index (χ2v) is 4.63. The van der Waals surface area contributed by atoms with E-state index >= 15 is 0 Å². The monoisotopic (exact) mass is 282 g/mol. The number of aryl methyl sites for hydroxylation is 2. The third kappa shape index (κ3) is 3.72.